The van der Waals surface area contributed by atoms with Crippen LogP contribution in [0.5, 0.6) is 0 Å². The second kappa shape index (κ2) is 7.45. The standard InChI is InChI=1S/C15H20N2O3/c1-4-7-16-13(15(19)20)9-14(18)17-12-6-5-10(2)8-11(12)3/h4-6,8,13,16H,1,7,9H2,2-3H3,(H,17,18)(H,19,20)/t13-/m0/s1. The molecule has 0 heterocycles. The van der Waals surface area contributed by atoms with E-state index >= 15 is 0 Å². The number of amides is 1. The Morgan fingerprint density at radius 3 is 2.70 bits per heavy atom. The van der Waals surface area contributed by atoms with Crippen LogP contribution in [0.15, 0.2) is 30.9 Å². The zero-order chi connectivity index (χ0) is 15.1. The van der Waals surface area contributed by atoms with E-state index in [2.05, 4.69) is 11.9 Å². The fraction of sp³-hybridized carbons (Fsp3) is 0.333. The lowest BCUT2D eigenvalue weighted by Gasteiger charge is -2.16. The SMILES string of the molecule is C=CC[NH2+][C@@H](CC(=O)Nc1ccc(C)cc1C)C(=O)[O-]. The van der Waals surface area contributed by atoms with E-state index in [1.807, 2.05) is 32.0 Å². The molecule has 0 bridgehead atoms. The molecule has 0 fully saturated rings. The van der Waals surface area contributed by atoms with Crippen LogP contribution in [-0.4, -0.2) is 24.5 Å². The zero-order valence-electron chi connectivity index (χ0n) is 11.8. The fourth-order valence-corrected chi connectivity index (χ4v) is 1.88. The first-order chi connectivity index (χ1) is 9.43. The maximum absolute atomic E-state index is 11.9. The molecule has 1 aromatic carbocycles. The Bertz CT molecular complexity index is 512. The molecule has 0 saturated heterocycles. The van der Waals surface area contributed by atoms with Crippen molar-refractivity contribution in [2.24, 2.45) is 0 Å². The topological polar surface area (TPSA) is 85.8 Å². The van der Waals surface area contributed by atoms with Gasteiger partial charge in [0.25, 0.3) is 0 Å². The summed E-state index contributed by atoms with van der Waals surface area (Å²) in [5, 5.41) is 15.2. The van der Waals surface area contributed by atoms with Gasteiger partial charge >= 0.3 is 0 Å². The van der Waals surface area contributed by atoms with Crippen LogP contribution < -0.4 is 15.7 Å². The normalized spacial score (nSPS) is 11.7. The molecule has 20 heavy (non-hydrogen) atoms. The van der Waals surface area contributed by atoms with Crippen LogP contribution in [0.4, 0.5) is 5.69 Å². The molecule has 5 heteroatoms. The number of nitrogens with one attached hydrogen (secondary N) is 1. The van der Waals surface area contributed by atoms with Crippen molar-refractivity contribution < 1.29 is 20.0 Å². The third-order valence-electron chi connectivity index (χ3n) is 2.95. The van der Waals surface area contributed by atoms with Gasteiger partial charge in [-0.05, 0) is 31.6 Å². The van der Waals surface area contributed by atoms with Crippen LogP contribution in [0.1, 0.15) is 17.5 Å². The monoisotopic (exact) mass is 276 g/mol. The van der Waals surface area contributed by atoms with E-state index in [0.717, 1.165) is 11.1 Å². The molecule has 1 aromatic rings. The van der Waals surface area contributed by atoms with Gasteiger partial charge in [-0.25, -0.2) is 0 Å². The quantitative estimate of drug-likeness (QED) is 0.658. The predicted octanol–water partition coefficient (Wildman–Crippen LogP) is -0.500. The van der Waals surface area contributed by atoms with Gasteiger partial charge in [-0.3, -0.25) is 4.79 Å². The summed E-state index contributed by atoms with van der Waals surface area (Å²) in [5.41, 5.74) is 2.74. The molecule has 0 saturated carbocycles. The van der Waals surface area contributed by atoms with E-state index in [4.69, 9.17) is 0 Å². The van der Waals surface area contributed by atoms with Gasteiger partial charge < -0.3 is 20.5 Å². The number of carboxylic acid groups (broad SMARTS) is 1. The summed E-state index contributed by atoms with van der Waals surface area (Å²) in [6, 6.07) is 4.75. The summed E-state index contributed by atoms with van der Waals surface area (Å²) >= 11 is 0. The number of benzene rings is 1. The highest BCUT2D eigenvalue weighted by molar-refractivity contribution is 5.94. The minimum Gasteiger partial charge on any atom is -0.544 e. The maximum atomic E-state index is 11.9. The number of nitrogens with two attached hydrogens (primary N) is 1. The third-order valence-corrected chi connectivity index (χ3v) is 2.95. The molecule has 0 radical (unpaired) electrons. The summed E-state index contributed by atoms with van der Waals surface area (Å²) in [4.78, 5) is 22.8. The molecule has 0 aromatic heterocycles. The number of aryl methyl sites for hydroxylation is 2. The Kier molecular flexibility index (Phi) is 5.93. The number of aliphatic carboxylic acids is 1. The number of carbonyl (C=O) groups is 2. The molecule has 108 valence electrons. The summed E-state index contributed by atoms with van der Waals surface area (Å²) in [5.74, 6) is -1.59. The van der Waals surface area contributed by atoms with E-state index in [1.165, 1.54) is 5.32 Å². The number of hydrogen-bond donors (Lipinski definition) is 2. The largest absolute Gasteiger partial charge is 0.544 e. The Labute approximate surface area is 118 Å². The average molecular weight is 276 g/mol. The van der Waals surface area contributed by atoms with Crippen molar-refractivity contribution in [1.82, 2.24) is 0 Å². The van der Waals surface area contributed by atoms with E-state index in [9.17, 15) is 14.7 Å². The molecule has 5 nitrogen and oxygen atoms in total. The summed E-state index contributed by atoms with van der Waals surface area (Å²) in [6.07, 6.45) is 1.45. The van der Waals surface area contributed by atoms with Gasteiger partial charge in [-0.1, -0.05) is 24.3 Å². The highest BCUT2D eigenvalue weighted by Gasteiger charge is 2.18. The second-order valence-corrected chi connectivity index (χ2v) is 4.76. The molecule has 1 amide bonds. The smallest absolute Gasteiger partial charge is 0.230 e. The van der Waals surface area contributed by atoms with Crippen molar-refractivity contribution >= 4 is 17.6 Å². The number of rotatable bonds is 7. The minimum atomic E-state index is -1.25. The van der Waals surface area contributed by atoms with Crippen LogP contribution in [-0.2, 0) is 9.59 Å². The summed E-state index contributed by atoms with van der Waals surface area (Å²) in [6.45, 7) is 7.80. The fourth-order valence-electron chi connectivity index (χ4n) is 1.88. The van der Waals surface area contributed by atoms with Crippen molar-refractivity contribution in [1.29, 1.82) is 0 Å². The molecule has 0 aliphatic heterocycles. The molecule has 0 aliphatic rings. The lowest BCUT2D eigenvalue weighted by molar-refractivity contribution is -0.674. The van der Waals surface area contributed by atoms with Crippen LogP contribution >= 0.6 is 0 Å². The van der Waals surface area contributed by atoms with Gasteiger partial charge in [0.1, 0.15) is 6.04 Å². The van der Waals surface area contributed by atoms with Crippen LogP contribution in [0.3, 0.4) is 0 Å². The van der Waals surface area contributed by atoms with Crippen molar-refractivity contribution in [3.05, 3.63) is 42.0 Å². The second-order valence-electron chi connectivity index (χ2n) is 4.76. The van der Waals surface area contributed by atoms with Crippen molar-refractivity contribution in [3.63, 3.8) is 0 Å². The van der Waals surface area contributed by atoms with Crippen LogP contribution in [0.25, 0.3) is 0 Å². The Balaban J connectivity index is 2.65. The highest BCUT2D eigenvalue weighted by Crippen LogP contribution is 2.16. The van der Waals surface area contributed by atoms with E-state index in [-0.39, 0.29) is 12.3 Å². The Morgan fingerprint density at radius 1 is 1.45 bits per heavy atom. The lowest BCUT2D eigenvalue weighted by atomic mass is 10.1. The van der Waals surface area contributed by atoms with Gasteiger partial charge in [-0.2, -0.15) is 0 Å². The van der Waals surface area contributed by atoms with Crippen LogP contribution in [0, 0.1) is 13.8 Å². The van der Waals surface area contributed by atoms with Gasteiger partial charge in [0, 0.05) is 5.69 Å². The van der Waals surface area contributed by atoms with Crippen LogP contribution in [0.2, 0.25) is 0 Å². The third kappa shape index (κ3) is 4.85. The maximum Gasteiger partial charge on any atom is 0.230 e. The Hall–Kier alpha value is -2.14. The van der Waals surface area contributed by atoms with Gasteiger partial charge in [0.05, 0.1) is 18.9 Å². The molecule has 0 spiro atoms. The molecule has 1 atom stereocenters. The number of carboxylic acids is 1. The predicted molar refractivity (Wildman–Crippen MR) is 74.9 cm³/mol. The lowest BCUT2D eigenvalue weighted by Crippen LogP contribution is -2.93. The Morgan fingerprint density at radius 2 is 2.15 bits per heavy atom. The average Bonchev–Trinajstić information content (AvgIpc) is 2.37. The molecular weight excluding hydrogens is 256 g/mol. The molecule has 1 rings (SSSR count). The first-order valence-corrected chi connectivity index (χ1v) is 6.46. The molecule has 3 N–H and O–H groups in total. The number of quaternary nitrogens is 1. The van der Waals surface area contributed by atoms with Crippen molar-refractivity contribution in [2.45, 2.75) is 26.3 Å². The number of carbonyl (C=O) groups excluding carboxylic acids is 2. The van der Waals surface area contributed by atoms with Gasteiger partial charge in [0.2, 0.25) is 5.91 Å². The molecule has 0 unspecified atom stereocenters. The zero-order valence-corrected chi connectivity index (χ0v) is 11.8. The first kappa shape index (κ1) is 15.9. The summed E-state index contributed by atoms with van der Waals surface area (Å²) in [7, 11) is 0. The first-order valence-electron chi connectivity index (χ1n) is 6.46. The molecular formula is C15H20N2O3. The van der Waals surface area contributed by atoms with E-state index in [1.54, 1.807) is 6.08 Å². The van der Waals surface area contributed by atoms with Gasteiger partial charge in [0.15, 0.2) is 0 Å². The number of anilines is 1. The molecule has 0 aliphatic carbocycles. The summed E-state index contributed by atoms with van der Waals surface area (Å²) < 4.78 is 0. The van der Waals surface area contributed by atoms with E-state index in [0.29, 0.717) is 12.2 Å². The highest BCUT2D eigenvalue weighted by atomic mass is 16.4. The van der Waals surface area contributed by atoms with E-state index < -0.39 is 12.0 Å². The number of hydrogen-bond acceptors (Lipinski definition) is 3. The van der Waals surface area contributed by atoms with Crippen molar-refractivity contribution in [3.8, 4) is 0 Å². The van der Waals surface area contributed by atoms with Crippen molar-refractivity contribution in [2.75, 3.05) is 11.9 Å². The van der Waals surface area contributed by atoms with Gasteiger partial charge in [-0.15, -0.1) is 0 Å². The minimum absolute atomic E-state index is 0.135.